The fourth-order valence-corrected chi connectivity index (χ4v) is 4.84. The average Bonchev–Trinajstić information content (AvgIpc) is 3.20. The molecule has 7 nitrogen and oxygen atoms in total. The van der Waals surface area contributed by atoms with Crippen LogP contribution in [0.2, 0.25) is 5.02 Å². The molecule has 3 aromatic carbocycles. The Balaban J connectivity index is 1.57. The van der Waals surface area contributed by atoms with E-state index in [1.807, 2.05) is 69.3 Å². The summed E-state index contributed by atoms with van der Waals surface area (Å²) in [6.45, 7) is 5.60. The molecule has 3 aromatic rings. The normalized spacial score (nSPS) is 16.1. The van der Waals surface area contributed by atoms with Crippen LogP contribution in [-0.2, 0) is 24.2 Å². The van der Waals surface area contributed by atoms with Crippen molar-refractivity contribution in [2.24, 2.45) is 0 Å². The molecular formula is C30H32ClNO6. The highest BCUT2D eigenvalue weighted by atomic mass is 35.5. The van der Waals surface area contributed by atoms with Crippen LogP contribution in [0.5, 0.6) is 17.2 Å². The molecule has 1 aliphatic rings. The first kappa shape index (κ1) is 27.3. The molecule has 0 radical (unpaired) electrons. The molecule has 1 amide bonds. The molecule has 0 fully saturated rings. The van der Waals surface area contributed by atoms with Gasteiger partial charge in [-0.2, -0.15) is 0 Å². The van der Waals surface area contributed by atoms with E-state index in [-0.39, 0.29) is 12.6 Å². The van der Waals surface area contributed by atoms with Crippen LogP contribution in [0.4, 0.5) is 0 Å². The van der Waals surface area contributed by atoms with Crippen LogP contribution in [0.3, 0.4) is 0 Å². The number of carbonyl (C=O) groups excluding carboxylic acids is 1. The molecule has 200 valence electrons. The number of hydrogen-bond donors (Lipinski definition) is 1. The van der Waals surface area contributed by atoms with Gasteiger partial charge in [-0.25, -0.2) is 0 Å². The van der Waals surface area contributed by atoms with Gasteiger partial charge in [-0.15, -0.1) is 0 Å². The molecule has 0 saturated heterocycles. The van der Waals surface area contributed by atoms with E-state index in [4.69, 9.17) is 25.8 Å². The molecule has 0 bridgehead atoms. The number of nitrogens with zero attached hydrogens (tertiary/aromatic N) is 1. The lowest BCUT2D eigenvalue weighted by atomic mass is 9.91. The van der Waals surface area contributed by atoms with Gasteiger partial charge >= 0.3 is 5.97 Å². The zero-order valence-electron chi connectivity index (χ0n) is 22.0. The van der Waals surface area contributed by atoms with Crippen molar-refractivity contribution in [1.82, 2.24) is 4.90 Å². The lowest BCUT2D eigenvalue weighted by Gasteiger charge is -2.24. The summed E-state index contributed by atoms with van der Waals surface area (Å²) in [5, 5.41) is 10.2. The minimum absolute atomic E-state index is 0.0396. The number of halogens is 1. The highest BCUT2D eigenvalue weighted by Gasteiger charge is 2.38. The van der Waals surface area contributed by atoms with Crippen molar-refractivity contribution in [2.45, 2.75) is 51.9 Å². The molecule has 4 rings (SSSR count). The molecule has 1 heterocycles. The summed E-state index contributed by atoms with van der Waals surface area (Å²) < 4.78 is 17.6. The number of carboxylic acid groups (broad SMARTS) is 1. The Kier molecular flexibility index (Phi) is 8.17. The summed E-state index contributed by atoms with van der Waals surface area (Å²) in [6.07, 6.45) is 1.25. The minimum Gasteiger partial charge on any atom is -0.493 e. The van der Waals surface area contributed by atoms with Gasteiger partial charge in [0, 0.05) is 35.5 Å². The van der Waals surface area contributed by atoms with Crippen molar-refractivity contribution in [1.29, 1.82) is 0 Å². The van der Waals surface area contributed by atoms with E-state index in [0.29, 0.717) is 40.7 Å². The third-order valence-corrected chi connectivity index (χ3v) is 6.54. The van der Waals surface area contributed by atoms with Crippen molar-refractivity contribution in [3.8, 4) is 17.2 Å². The predicted octanol–water partition coefficient (Wildman–Crippen LogP) is 5.80. The Morgan fingerprint density at radius 2 is 1.74 bits per heavy atom. The van der Waals surface area contributed by atoms with Gasteiger partial charge in [0.15, 0.2) is 11.5 Å². The Morgan fingerprint density at radius 3 is 2.34 bits per heavy atom. The monoisotopic (exact) mass is 537 g/mol. The van der Waals surface area contributed by atoms with Gasteiger partial charge in [0.1, 0.15) is 17.9 Å². The number of amides is 1. The maximum Gasteiger partial charge on any atom is 0.323 e. The Hall–Kier alpha value is -3.71. The molecule has 0 saturated carbocycles. The second kappa shape index (κ2) is 11.4. The second-order valence-electron chi connectivity index (χ2n) is 10.1. The van der Waals surface area contributed by atoms with Gasteiger partial charge < -0.3 is 24.2 Å². The van der Waals surface area contributed by atoms with Crippen LogP contribution < -0.4 is 14.2 Å². The molecule has 1 atom stereocenters. The maximum absolute atomic E-state index is 13.6. The van der Waals surface area contributed by atoms with Crippen molar-refractivity contribution < 1.29 is 28.9 Å². The summed E-state index contributed by atoms with van der Waals surface area (Å²) in [6, 6.07) is 18.3. The first-order valence-corrected chi connectivity index (χ1v) is 12.8. The SMILES string of the molecule is COc1cc(C(=O)N(CC(=O)O)Cc2ccc(OC(C)C)cc2)cc2c1OC(C)(Cc1ccc(Cl)cc1)C2. The fraction of sp³-hybridized carbons (Fsp3) is 0.333. The zero-order chi connectivity index (χ0) is 27.4. The number of rotatable bonds is 10. The summed E-state index contributed by atoms with van der Waals surface area (Å²) in [7, 11) is 1.53. The zero-order valence-corrected chi connectivity index (χ0v) is 22.7. The summed E-state index contributed by atoms with van der Waals surface area (Å²) in [5.41, 5.74) is 2.53. The van der Waals surface area contributed by atoms with Crippen LogP contribution in [0.1, 0.15) is 47.8 Å². The molecule has 0 aliphatic carbocycles. The predicted molar refractivity (Wildman–Crippen MR) is 145 cm³/mol. The van der Waals surface area contributed by atoms with E-state index >= 15 is 0 Å². The van der Waals surface area contributed by atoms with E-state index in [0.717, 1.165) is 16.7 Å². The minimum atomic E-state index is -1.09. The molecule has 1 N–H and O–H groups in total. The van der Waals surface area contributed by atoms with E-state index in [2.05, 4.69) is 0 Å². The van der Waals surface area contributed by atoms with Gasteiger partial charge in [0.25, 0.3) is 5.91 Å². The largest absolute Gasteiger partial charge is 0.493 e. The number of fused-ring (bicyclic) bond motifs is 1. The summed E-state index contributed by atoms with van der Waals surface area (Å²) >= 11 is 6.03. The lowest BCUT2D eigenvalue weighted by Crippen LogP contribution is -2.35. The van der Waals surface area contributed by atoms with Crippen LogP contribution >= 0.6 is 11.6 Å². The van der Waals surface area contributed by atoms with Gasteiger partial charge in [0.05, 0.1) is 13.2 Å². The summed E-state index contributed by atoms with van der Waals surface area (Å²) in [4.78, 5) is 26.5. The molecule has 1 unspecified atom stereocenters. The maximum atomic E-state index is 13.6. The number of benzene rings is 3. The number of carboxylic acids is 1. The lowest BCUT2D eigenvalue weighted by molar-refractivity contribution is -0.137. The molecule has 0 spiro atoms. The van der Waals surface area contributed by atoms with E-state index in [1.165, 1.54) is 12.0 Å². The third-order valence-electron chi connectivity index (χ3n) is 6.28. The van der Waals surface area contributed by atoms with Crippen molar-refractivity contribution >= 4 is 23.5 Å². The van der Waals surface area contributed by atoms with Gasteiger partial charge in [-0.1, -0.05) is 35.9 Å². The number of methoxy groups -OCH3 is 1. The van der Waals surface area contributed by atoms with E-state index < -0.39 is 24.0 Å². The van der Waals surface area contributed by atoms with Gasteiger partial charge in [-0.05, 0) is 68.3 Å². The number of carbonyl (C=O) groups is 2. The average molecular weight is 538 g/mol. The van der Waals surface area contributed by atoms with E-state index in [1.54, 1.807) is 12.1 Å². The van der Waals surface area contributed by atoms with Crippen molar-refractivity contribution in [3.63, 3.8) is 0 Å². The number of aliphatic carboxylic acids is 1. The Labute approximate surface area is 227 Å². The highest BCUT2D eigenvalue weighted by Crippen LogP contribution is 2.44. The smallest absolute Gasteiger partial charge is 0.323 e. The standard InChI is InChI=1S/C30H32ClNO6/c1-19(2)37-25-11-7-21(8-12-25)17-32(18-27(33)34)29(35)22-13-23-16-30(3,38-28(23)26(14-22)36-4)15-20-5-9-24(31)10-6-20/h5-14,19H,15-18H2,1-4H3,(H,33,34). The first-order valence-electron chi connectivity index (χ1n) is 12.5. The molecule has 1 aliphatic heterocycles. The van der Waals surface area contributed by atoms with Crippen molar-refractivity contribution in [3.05, 3.63) is 87.9 Å². The Bertz CT molecular complexity index is 1310. The second-order valence-corrected chi connectivity index (χ2v) is 10.5. The van der Waals surface area contributed by atoms with Crippen LogP contribution in [0.15, 0.2) is 60.7 Å². The van der Waals surface area contributed by atoms with Gasteiger partial charge in [-0.3, -0.25) is 9.59 Å². The third kappa shape index (κ3) is 6.58. The van der Waals surface area contributed by atoms with Gasteiger partial charge in [0.2, 0.25) is 0 Å². The molecule has 0 aromatic heterocycles. The highest BCUT2D eigenvalue weighted by molar-refractivity contribution is 6.30. The molecular weight excluding hydrogens is 506 g/mol. The van der Waals surface area contributed by atoms with Crippen LogP contribution in [0, 0.1) is 0 Å². The first-order chi connectivity index (χ1) is 18.0. The quantitative estimate of drug-likeness (QED) is 0.352. The fourth-order valence-electron chi connectivity index (χ4n) is 4.71. The van der Waals surface area contributed by atoms with Crippen LogP contribution in [0.25, 0.3) is 0 Å². The topological polar surface area (TPSA) is 85.3 Å². The van der Waals surface area contributed by atoms with Crippen LogP contribution in [-0.4, -0.2) is 47.2 Å². The summed E-state index contributed by atoms with van der Waals surface area (Å²) in [5.74, 6) is 0.263. The van der Waals surface area contributed by atoms with E-state index in [9.17, 15) is 14.7 Å². The molecule has 38 heavy (non-hydrogen) atoms. The number of ether oxygens (including phenoxy) is 3. The molecule has 8 heteroatoms. The Morgan fingerprint density at radius 1 is 1.08 bits per heavy atom. The number of hydrogen-bond acceptors (Lipinski definition) is 5. The van der Waals surface area contributed by atoms with Crippen molar-refractivity contribution in [2.75, 3.05) is 13.7 Å².